The van der Waals surface area contributed by atoms with E-state index in [0.717, 1.165) is 26.3 Å². The summed E-state index contributed by atoms with van der Waals surface area (Å²) in [5.74, 6) is -0.363. The van der Waals surface area contributed by atoms with Crippen LogP contribution in [0.15, 0.2) is 0 Å². The Hall–Kier alpha value is 0.350. The molecule has 0 aliphatic heterocycles. The fourth-order valence-electron chi connectivity index (χ4n) is 1.07. The Bertz CT molecular complexity index is 334. The van der Waals surface area contributed by atoms with Gasteiger partial charge >= 0.3 is 0 Å². The van der Waals surface area contributed by atoms with Crippen LogP contribution in [0.25, 0.3) is 0 Å². The molecule has 0 fully saturated rings. The van der Waals surface area contributed by atoms with Gasteiger partial charge in [0, 0.05) is 27.3 Å². The van der Waals surface area contributed by atoms with E-state index >= 15 is 0 Å². The Balaban J connectivity index is 0.000000400. The van der Waals surface area contributed by atoms with Crippen LogP contribution < -0.4 is 5.32 Å². The number of halogens is 5. The highest BCUT2D eigenvalue weighted by atomic mass is 35.5. The average molecular weight is 400 g/mol. The first kappa shape index (κ1) is 21.4. The molecule has 0 aliphatic rings. The molecule has 0 heterocycles. The van der Waals surface area contributed by atoms with Crippen LogP contribution in [-0.2, 0) is 9.47 Å². The number of benzene rings is 1. The summed E-state index contributed by atoms with van der Waals surface area (Å²) in [4.78, 5) is 0. The molecule has 0 aliphatic carbocycles. The zero-order chi connectivity index (χ0) is 16.4. The predicted octanol–water partition coefficient (Wildman–Crippen LogP) is 4.53. The van der Waals surface area contributed by atoms with E-state index in [4.69, 9.17) is 67.5 Å². The number of hydrogen-bond acceptors (Lipinski definition) is 4. The van der Waals surface area contributed by atoms with Crippen molar-refractivity contribution in [1.82, 2.24) is 5.32 Å². The van der Waals surface area contributed by atoms with Gasteiger partial charge in [0.05, 0.1) is 28.3 Å². The molecule has 2 N–H and O–H groups in total. The SMILES string of the molecule is COCCNCCOC.Oc1c(Cl)c(Cl)c(Cl)c(Cl)c1Cl. The predicted molar refractivity (Wildman–Crippen MR) is 89.8 cm³/mol. The number of hydrogen-bond donors (Lipinski definition) is 2. The quantitative estimate of drug-likeness (QED) is 0.419. The minimum atomic E-state index is -0.363. The molecule has 1 aromatic carbocycles. The van der Waals surface area contributed by atoms with E-state index in [0.29, 0.717) is 0 Å². The Labute approximate surface area is 149 Å². The molecule has 0 radical (unpaired) electrons. The maximum absolute atomic E-state index is 9.20. The number of ether oxygens (including phenoxy) is 2. The third-order valence-electron chi connectivity index (χ3n) is 2.15. The zero-order valence-corrected chi connectivity index (χ0v) is 15.3. The van der Waals surface area contributed by atoms with Crippen LogP contribution >= 0.6 is 58.0 Å². The molecule has 1 rings (SSSR count). The standard InChI is InChI=1S/C6HCl5O.C6H15NO2/c7-1-2(8)4(10)6(12)5(11)3(1)9;1-8-5-3-7-4-6-9-2/h12H;7H,3-6H2,1-2H3. The highest BCUT2D eigenvalue weighted by Crippen LogP contribution is 2.47. The summed E-state index contributed by atoms with van der Waals surface area (Å²) in [5.41, 5.74) is 0. The third-order valence-corrected chi connectivity index (χ3v) is 4.41. The van der Waals surface area contributed by atoms with Crippen LogP contribution in [0.4, 0.5) is 0 Å². The van der Waals surface area contributed by atoms with Crippen LogP contribution in [0.1, 0.15) is 0 Å². The Morgan fingerprint density at radius 3 is 1.43 bits per heavy atom. The number of aromatic hydroxyl groups is 1. The molecule has 1 aromatic rings. The van der Waals surface area contributed by atoms with Crippen LogP contribution in [0.3, 0.4) is 0 Å². The van der Waals surface area contributed by atoms with Gasteiger partial charge in [0.25, 0.3) is 0 Å². The number of methoxy groups -OCH3 is 2. The van der Waals surface area contributed by atoms with Crippen molar-refractivity contribution in [2.24, 2.45) is 0 Å². The van der Waals surface area contributed by atoms with Gasteiger partial charge in [-0.05, 0) is 0 Å². The molecule has 0 unspecified atom stereocenters. The Kier molecular flexibility index (Phi) is 12.1. The summed E-state index contributed by atoms with van der Waals surface area (Å²) in [5, 5.41) is 12.2. The van der Waals surface area contributed by atoms with E-state index in [9.17, 15) is 5.11 Å². The first-order chi connectivity index (χ1) is 9.88. The summed E-state index contributed by atoms with van der Waals surface area (Å²) >= 11 is 27.9. The van der Waals surface area contributed by atoms with Crippen molar-refractivity contribution in [3.05, 3.63) is 25.1 Å². The van der Waals surface area contributed by atoms with E-state index in [1.54, 1.807) is 14.2 Å². The lowest BCUT2D eigenvalue weighted by Gasteiger charge is -2.06. The second-order valence-corrected chi connectivity index (χ2v) is 5.54. The second kappa shape index (κ2) is 11.9. The van der Waals surface area contributed by atoms with Crippen LogP contribution in [0.5, 0.6) is 5.75 Å². The molecule has 0 saturated heterocycles. The van der Waals surface area contributed by atoms with Crippen LogP contribution in [0.2, 0.25) is 25.1 Å². The van der Waals surface area contributed by atoms with Crippen molar-refractivity contribution >= 4 is 58.0 Å². The van der Waals surface area contributed by atoms with Crippen LogP contribution in [0, 0.1) is 0 Å². The minimum Gasteiger partial charge on any atom is -0.505 e. The number of phenolic OH excluding ortho intramolecular Hbond substituents is 1. The largest absolute Gasteiger partial charge is 0.505 e. The van der Waals surface area contributed by atoms with Gasteiger partial charge in [-0.15, -0.1) is 0 Å². The summed E-state index contributed by atoms with van der Waals surface area (Å²) < 4.78 is 9.64. The third kappa shape index (κ3) is 7.44. The maximum atomic E-state index is 9.20. The Morgan fingerprint density at radius 1 is 0.762 bits per heavy atom. The van der Waals surface area contributed by atoms with Gasteiger partial charge in [-0.1, -0.05) is 58.0 Å². The molecule has 0 spiro atoms. The fourth-order valence-corrected chi connectivity index (χ4v) is 2.20. The van der Waals surface area contributed by atoms with E-state index in [1.165, 1.54) is 0 Å². The Morgan fingerprint density at radius 2 is 1.10 bits per heavy atom. The first-order valence-electron chi connectivity index (χ1n) is 5.77. The van der Waals surface area contributed by atoms with Crippen molar-refractivity contribution < 1.29 is 14.6 Å². The van der Waals surface area contributed by atoms with Gasteiger partial charge in [0.2, 0.25) is 0 Å². The van der Waals surface area contributed by atoms with Gasteiger partial charge in [-0.25, -0.2) is 0 Å². The molecule has 21 heavy (non-hydrogen) atoms. The molecule has 0 saturated carbocycles. The highest BCUT2D eigenvalue weighted by molar-refractivity contribution is 6.55. The van der Waals surface area contributed by atoms with Crippen molar-refractivity contribution in [3.8, 4) is 5.75 Å². The molecule has 0 aromatic heterocycles. The lowest BCUT2D eigenvalue weighted by molar-refractivity contribution is 0.180. The van der Waals surface area contributed by atoms with Gasteiger partial charge in [-0.3, -0.25) is 0 Å². The van der Waals surface area contributed by atoms with E-state index in [-0.39, 0.29) is 30.9 Å². The normalized spacial score (nSPS) is 10.2. The molecule has 9 heteroatoms. The monoisotopic (exact) mass is 397 g/mol. The lowest BCUT2D eigenvalue weighted by Crippen LogP contribution is -2.23. The first-order valence-corrected chi connectivity index (χ1v) is 7.66. The second-order valence-electron chi connectivity index (χ2n) is 3.65. The van der Waals surface area contributed by atoms with E-state index < -0.39 is 0 Å². The molecule has 0 atom stereocenters. The topological polar surface area (TPSA) is 50.7 Å². The minimum absolute atomic E-state index is 0.00904. The van der Waals surface area contributed by atoms with E-state index in [2.05, 4.69) is 5.32 Å². The van der Waals surface area contributed by atoms with Crippen molar-refractivity contribution in [2.75, 3.05) is 40.5 Å². The number of phenols is 1. The summed E-state index contributed by atoms with van der Waals surface area (Å²) in [6.45, 7) is 3.34. The smallest absolute Gasteiger partial charge is 0.155 e. The summed E-state index contributed by atoms with van der Waals surface area (Å²) in [7, 11) is 3.38. The zero-order valence-electron chi connectivity index (χ0n) is 11.5. The van der Waals surface area contributed by atoms with Gasteiger partial charge in [0.15, 0.2) is 5.75 Å². The van der Waals surface area contributed by atoms with Gasteiger partial charge in [-0.2, -0.15) is 0 Å². The molecule has 0 bridgehead atoms. The van der Waals surface area contributed by atoms with Crippen molar-refractivity contribution in [2.45, 2.75) is 0 Å². The maximum Gasteiger partial charge on any atom is 0.155 e. The van der Waals surface area contributed by atoms with E-state index in [1.807, 2.05) is 0 Å². The summed E-state index contributed by atoms with van der Waals surface area (Å²) in [6, 6.07) is 0. The fraction of sp³-hybridized carbons (Fsp3) is 0.500. The average Bonchev–Trinajstić information content (AvgIpc) is 2.50. The molecular weight excluding hydrogens is 383 g/mol. The number of rotatable bonds is 6. The number of nitrogens with one attached hydrogen (secondary N) is 1. The molecule has 4 nitrogen and oxygen atoms in total. The highest BCUT2D eigenvalue weighted by Gasteiger charge is 2.18. The van der Waals surface area contributed by atoms with Crippen molar-refractivity contribution in [3.63, 3.8) is 0 Å². The molecule has 0 amide bonds. The van der Waals surface area contributed by atoms with Gasteiger partial charge < -0.3 is 19.9 Å². The summed E-state index contributed by atoms with van der Waals surface area (Å²) in [6.07, 6.45) is 0. The van der Waals surface area contributed by atoms with Crippen molar-refractivity contribution in [1.29, 1.82) is 0 Å². The molecular formula is C12H16Cl5NO3. The van der Waals surface area contributed by atoms with Crippen LogP contribution in [-0.4, -0.2) is 45.6 Å². The van der Waals surface area contributed by atoms with Gasteiger partial charge in [0.1, 0.15) is 10.0 Å². The lowest BCUT2D eigenvalue weighted by atomic mass is 10.3. The molecule has 122 valence electrons.